The maximum absolute atomic E-state index is 12.2. The largest absolute Gasteiger partial charge is 0.463 e. The first-order chi connectivity index (χ1) is 8.93. The van der Waals surface area contributed by atoms with E-state index in [1.165, 1.54) is 12.8 Å². The molecule has 0 amide bonds. The van der Waals surface area contributed by atoms with E-state index in [0.717, 1.165) is 19.3 Å². The highest BCUT2D eigenvalue weighted by atomic mass is 16.6. The summed E-state index contributed by atoms with van der Waals surface area (Å²) in [6.07, 6.45) is 5.59. The van der Waals surface area contributed by atoms with Gasteiger partial charge in [-0.3, -0.25) is 4.79 Å². The maximum Gasteiger partial charge on any atom is 0.344 e. The number of hydrogen-bond donors (Lipinski definition) is 0. The van der Waals surface area contributed by atoms with Crippen LogP contribution in [-0.4, -0.2) is 25.2 Å². The minimum absolute atomic E-state index is 0.135. The number of ether oxygens (including phenoxy) is 2. The van der Waals surface area contributed by atoms with Gasteiger partial charge < -0.3 is 9.47 Å². The molecule has 0 aromatic heterocycles. The molecular weight excluding hydrogens is 244 g/mol. The summed E-state index contributed by atoms with van der Waals surface area (Å²) in [7, 11) is 0. The van der Waals surface area contributed by atoms with E-state index >= 15 is 0 Å². The van der Waals surface area contributed by atoms with Gasteiger partial charge in [-0.25, -0.2) is 4.79 Å². The number of hydrogen-bond acceptors (Lipinski definition) is 4. The molecule has 0 aliphatic heterocycles. The Hall–Kier alpha value is -1.06. The van der Waals surface area contributed by atoms with Crippen molar-refractivity contribution in [3.05, 3.63) is 0 Å². The second-order valence-electron chi connectivity index (χ2n) is 6.37. The van der Waals surface area contributed by atoms with Crippen LogP contribution >= 0.6 is 0 Å². The van der Waals surface area contributed by atoms with Crippen molar-refractivity contribution >= 4 is 11.9 Å². The summed E-state index contributed by atoms with van der Waals surface area (Å²) in [6, 6.07) is 0. The van der Waals surface area contributed by atoms with Crippen LogP contribution in [0.25, 0.3) is 0 Å². The van der Waals surface area contributed by atoms with Crippen LogP contribution in [0.1, 0.15) is 52.9 Å². The van der Waals surface area contributed by atoms with Crippen LogP contribution < -0.4 is 0 Å². The van der Waals surface area contributed by atoms with Gasteiger partial charge in [0.15, 0.2) is 6.61 Å². The van der Waals surface area contributed by atoms with Gasteiger partial charge in [0, 0.05) is 0 Å². The average Bonchev–Trinajstić information content (AvgIpc) is 2.91. The summed E-state index contributed by atoms with van der Waals surface area (Å²) >= 11 is 0. The molecule has 0 aromatic carbocycles. The lowest BCUT2D eigenvalue weighted by Gasteiger charge is -2.30. The van der Waals surface area contributed by atoms with Crippen LogP contribution in [0.3, 0.4) is 0 Å². The first-order valence-electron chi connectivity index (χ1n) is 7.26. The van der Waals surface area contributed by atoms with E-state index in [0.29, 0.717) is 12.5 Å². The third kappa shape index (κ3) is 2.63. The van der Waals surface area contributed by atoms with Crippen LogP contribution in [0.5, 0.6) is 0 Å². The lowest BCUT2D eigenvalue weighted by Crippen LogP contribution is -2.29. The van der Waals surface area contributed by atoms with E-state index in [4.69, 9.17) is 9.47 Å². The van der Waals surface area contributed by atoms with Gasteiger partial charge in [-0.05, 0) is 44.4 Å². The fourth-order valence-electron chi connectivity index (χ4n) is 3.73. The summed E-state index contributed by atoms with van der Waals surface area (Å²) in [5.41, 5.74) is -0.245. The Morgan fingerprint density at radius 1 is 1.32 bits per heavy atom. The van der Waals surface area contributed by atoms with E-state index in [9.17, 15) is 9.59 Å². The lowest BCUT2D eigenvalue weighted by molar-refractivity contribution is -0.162. The van der Waals surface area contributed by atoms with E-state index in [2.05, 4.69) is 6.92 Å². The quantitative estimate of drug-likeness (QED) is 0.736. The molecule has 2 aliphatic rings. The summed E-state index contributed by atoms with van der Waals surface area (Å²) in [4.78, 5) is 23.4. The zero-order valence-electron chi connectivity index (χ0n) is 12.2. The fourth-order valence-corrected chi connectivity index (χ4v) is 3.73. The predicted octanol–water partition coefficient (Wildman–Crippen LogP) is 2.70. The van der Waals surface area contributed by atoms with Crippen molar-refractivity contribution in [2.24, 2.45) is 16.7 Å². The molecule has 0 N–H and O–H groups in total. The molecule has 2 rings (SSSR count). The minimum Gasteiger partial charge on any atom is -0.463 e. The molecule has 2 fully saturated rings. The van der Waals surface area contributed by atoms with Gasteiger partial charge in [-0.15, -0.1) is 0 Å². The molecule has 3 atom stereocenters. The molecule has 108 valence electrons. The first-order valence-corrected chi connectivity index (χ1v) is 7.26. The van der Waals surface area contributed by atoms with Gasteiger partial charge in [0.25, 0.3) is 0 Å². The fraction of sp³-hybridized carbons (Fsp3) is 0.867. The highest BCUT2D eigenvalue weighted by Crippen LogP contribution is 2.71. The van der Waals surface area contributed by atoms with Crippen molar-refractivity contribution in [1.82, 2.24) is 0 Å². The zero-order valence-corrected chi connectivity index (χ0v) is 12.2. The number of rotatable bonds is 4. The van der Waals surface area contributed by atoms with Gasteiger partial charge in [-0.2, -0.15) is 0 Å². The van der Waals surface area contributed by atoms with Crippen molar-refractivity contribution < 1.29 is 19.1 Å². The number of carbonyl (C=O) groups is 2. The highest BCUT2D eigenvalue weighted by Gasteiger charge is 2.69. The molecule has 0 radical (unpaired) electrons. The van der Waals surface area contributed by atoms with Crippen molar-refractivity contribution in [2.45, 2.75) is 52.9 Å². The molecule has 4 heteroatoms. The van der Waals surface area contributed by atoms with Crippen molar-refractivity contribution in [2.75, 3.05) is 13.2 Å². The van der Waals surface area contributed by atoms with Gasteiger partial charge in [0.2, 0.25) is 0 Å². The standard InChI is InChI=1S/C15H24O4/c1-4-18-12(16)9-19-13(17)14(3)10-15(14)7-5-6-11(2)8-15/h11H,4-10H2,1-3H3. The van der Waals surface area contributed by atoms with Gasteiger partial charge in [-0.1, -0.05) is 19.8 Å². The molecule has 2 aliphatic carbocycles. The SMILES string of the molecule is CCOC(=O)COC(=O)C1(C)CC12CCCC(C)C2. The van der Waals surface area contributed by atoms with E-state index < -0.39 is 5.97 Å². The van der Waals surface area contributed by atoms with Crippen LogP contribution in [0.2, 0.25) is 0 Å². The van der Waals surface area contributed by atoms with Gasteiger partial charge in [0.05, 0.1) is 12.0 Å². The smallest absolute Gasteiger partial charge is 0.344 e. The summed E-state index contributed by atoms with van der Waals surface area (Å²) in [5.74, 6) is -0.00533. The van der Waals surface area contributed by atoms with Crippen molar-refractivity contribution in [3.63, 3.8) is 0 Å². The Morgan fingerprint density at radius 2 is 2.05 bits per heavy atom. The molecule has 0 heterocycles. The summed E-state index contributed by atoms with van der Waals surface area (Å²) in [6.45, 7) is 6.03. The second kappa shape index (κ2) is 5.14. The minimum atomic E-state index is -0.467. The molecule has 2 saturated carbocycles. The molecule has 0 saturated heterocycles. The molecule has 4 nitrogen and oxygen atoms in total. The van der Waals surface area contributed by atoms with Crippen LogP contribution in [0, 0.1) is 16.7 Å². The first kappa shape index (κ1) is 14.4. The average molecular weight is 268 g/mol. The normalized spacial score (nSPS) is 36.9. The van der Waals surface area contributed by atoms with E-state index in [1.54, 1.807) is 6.92 Å². The molecule has 3 unspecified atom stereocenters. The number of esters is 2. The zero-order chi connectivity index (χ0) is 14.1. The van der Waals surface area contributed by atoms with Crippen LogP contribution in [-0.2, 0) is 19.1 Å². The Balaban J connectivity index is 1.88. The van der Waals surface area contributed by atoms with Crippen molar-refractivity contribution in [3.8, 4) is 0 Å². The second-order valence-corrected chi connectivity index (χ2v) is 6.37. The third-order valence-electron chi connectivity index (χ3n) is 4.91. The summed E-state index contributed by atoms with van der Waals surface area (Å²) in [5, 5.41) is 0. The number of carbonyl (C=O) groups excluding carboxylic acids is 2. The van der Waals surface area contributed by atoms with Crippen LogP contribution in [0.15, 0.2) is 0 Å². The molecular formula is C15H24O4. The third-order valence-corrected chi connectivity index (χ3v) is 4.91. The Bertz CT molecular complexity index is 378. The Labute approximate surface area is 114 Å². The molecule has 0 bridgehead atoms. The molecule has 19 heavy (non-hydrogen) atoms. The molecule has 1 spiro atoms. The van der Waals surface area contributed by atoms with Gasteiger partial charge >= 0.3 is 11.9 Å². The Morgan fingerprint density at radius 3 is 2.68 bits per heavy atom. The van der Waals surface area contributed by atoms with E-state index in [1.807, 2.05) is 6.92 Å². The maximum atomic E-state index is 12.2. The monoisotopic (exact) mass is 268 g/mol. The predicted molar refractivity (Wildman–Crippen MR) is 70.4 cm³/mol. The van der Waals surface area contributed by atoms with Crippen LogP contribution in [0.4, 0.5) is 0 Å². The molecule has 0 aromatic rings. The highest BCUT2D eigenvalue weighted by molar-refractivity contribution is 5.83. The summed E-state index contributed by atoms with van der Waals surface area (Å²) < 4.78 is 9.90. The lowest BCUT2D eigenvalue weighted by atomic mass is 9.75. The van der Waals surface area contributed by atoms with E-state index in [-0.39, 0.29) is 23.4 Å². The van der Waals surface area contributed by atoms with Crippen molar-refractivity contribution in [1.29, 1.82) is 0 Å². The Kier molecular flexibility index (Phi) is 3.88. The topological polar surface area (TPSA) is 52.6 Å². The van der Waals surface area contributed by atoms with Gasteiger partial charge in [0.1, 0.15) is 0 Å².